The van der Waals surface area contributed by atoms with Crippen LogP contribution in [-0.2, 0) is 22.1 Å². The van der Waals surface area contributed by atoms with Crippen LogP contribution in [0.4, 0.5) is 18.9 Å². The molecule has 0 amide bonds. The molecule has 0 spiro atoms. The van der Waals surface area contributed by atoms with Crippen molar-refractivity contribution in [3.8, 4) is 11.5 Å². The lowest BCUT2D eigenvalue weighted by molar-refractivity contribution is -0.140. The van der Waals surface area contributed by atoms with Gasteiger partial charge in [-0.25, -0.2) is 0 Å². The number of benzene rings is 2. The zero-order valence-electron chi connectivity index (χ0n) is 12.2. The Hall–Kier alpha value is -2.70. The highest BCUT2D eigenvalue weighted by Gasteiger charge is 2.33. The van der Waals surface area contributed by atoms with Gasteiger partial charge in [-0.05, 0) is 35.9 Å². The van der Waals surface area contributed by atoms with E-state index in [0.29, 0.717) is 11.3 Å². The highest BCUT2D eigenvalue weighted by Crippen LogP contribution is 2.36. The fraction of sp³-hybridized carbons (Fsp3) is 0.188. The van der Waals surface area contributed by atoms with Gasteiger partial charge in [0.2, 0.25) is 0 Å². The van der Waals surface area contributed by atoms with Crippen molar-refractivity contribution < 1.29 is 27.4 Å². The van der Waals surface area contributed by atoms with Gasteiger partial charge in [0, 0.05) is 5.69 Å². The van der Waals surface area contributed by atoms with Crippen LogP contribution < -0.4 is 10.5 Å². The third-order valence-corrected chi connectivity index (χ3v) is 3.07. The first-order valence-electron chi connectivity index (χ1n) is 6.60. The third-order valence-electron chi connectivity index (χ3n) is 3.07. The number of methoxy groups -OCH3 is 1. The number of rotatable bonds is 4. The molecule has 122 valence electrons. The Morgan fingerprint density at radius 3 is 2.26 bits per heavy atom. The summed E-state index contributed by atoms with van der Waals surface area (Å²) in [6.45, 7) is 0. The van der Waals surface area contributed by atoms with Crippen LogP contribution in [0.3, 0.4) is 0 Å². The Bertz CT molecular complexity index is 697. The van der Waals surface area contributed by atoms with Crippen molar-refractivity contribution in [3.05, 3.63) is 53.6 Å². The van der Waals surface area contributed by atoms with Crippen molar-refractivity contribution in [1.82, 2.24) is 0 Å². The van der Waals surface area contributed by atoms with Gasteiger partial charge in [0.25, 0.3) is 0 Å². The topological polar surface area (TPSA) is 61.5 Å². The van der Waals surface area contributed by atoms with Gasteiger partial charge in [-0.1, -0.05) is 12.1 Å². The molecule has 0 aromatic heterocycles. The van der Waals surface area contributed by atoms with Gasteiger partial charge in [0.05, 0.1) is 19.1 Å². The van der Waals surface area contributed by atoms with Gasteiger partial charge < -0.3 is 15.2 Å². The summed E-state index contributed by atoms with van der Waals surface area (Å²) in [5, 5.41) is 0. The van der Waals surface area contributed by atoms with Crippen LogP contribution in [-0.4, -0.2) is 13.1 Å². The highest BCUT2D eigenvalue weighted by molar-refractivity contribution is 5.72. The first-order valence-corrected chi connectivity index (χ1v) is 6.60. The van der Waals surface area contributed by atoms with Gasteiger partial charge in [0.15, 0.2) is 0 Å². The van der Waals surface area contributed by atoms with E-state index in [-0.39, 0.29) is 23.8 Å². The van der Waals surface area contributed by atoms with E-state index in [2.05, 4.69) is 4.74 Å². The number of nitrogen functional groups attached to an aromatic ring is 1. The minimum Gasteiger partial charge on any atom is -0.469 e. The van der Waals surface area contributed by atoms with E-state index in [1.165, 1.54) is 13.2 Å². The van der Waals surface area contributed by atoms with Crippen molar-refractivity contribution >= 4 is 11.7 Å². The number of esters is 1. The molecule has 0 aliphatic rings. The standard InChI is InChI=1S/C16H14F3NO3/c1-22-15(21)8-10-2-4-11(5-3-10)23-12-6-7-14(20)13(9-12)16(17,18)19/h2-7,9H,8,20H2,1H3. The van der Waals surface area contributed by atoms with E-state index in [1.54, 1.807) is 24.3 Å². The average molecular weight is 325 g/mol. The lowest BCUT2D eigenvalue weighted by Gasteiger charge is -2.12. The number of nitrogens with two attached hydrogens (primary N) is 1. The minimum atomic E-state index is -4.55. The molecule has 2 N–H and O–H groups in total. The van der Waals surface area contributed by atoms with Crippen LogP contribution in [0.25, 0.3) is 0 Å². The van der Waals surface area contributed by atoms with E-state index >= 15 is 0 Å². The van der Waals surface area contributed by atoms with Crippen LogP contribution in [0, 0.1) is 0 Å². The van der Waals surface area contributed by atoms with Crippen LogP contribution in [0.5, 0.6) is 11.5 Å². The fourth-order valence-electron chi connectivity index (χ4n) is 1.89. The molecular formula is C16H14F3NO3. The zero-order valence-corrected chi connectivity index (χ0v) is 12.2. The monoisotopic (exact) mass is 325 g/mol. The number of alkyl halides is 3. The Morgan fingerprint density at radius 1 is 1.09 bits per heavy atom. The molecule has 0 saturated heterocycles. The molecular weight excluding hydrogens is 311 g/mol. The van der Waals surface area contributed by atoms with Gasteiger partial charge in [0.1, 0.15) is 11.5 Å². The molecule has 0 aliphatic heterocycles. The largest absolute Gasteiger partial charge is 0.469 e. The van der Waals surface area contributed by atoms with Crippen molar-refractivity contribution in [2.75, 3.05) is 12.8 Å². The quantitative estimate of drug-likeness (QED) is 0.686. The first-order chi connectivity index (χ1) is 10.8. The Kier molecular flexibility index (Phi) is 4.78. The summed E-state index contributed by atoms with van der Waals surface area (Å²) >= 11 is 0. The maximum Gasteiger partial charge on any atom is 0.418 e. The highest BCUT2D eigenvalue weighted by atomic mass is 19.4. The van der Waals surface area contributed by atoms with Crippen molar-refractivity contribution in [2.45, 2.75) is 12.6 Å². The summed E-state index contributed by atoms with van der Waals surface area (Å²) in [6.07, 6.45) is -4.44. The summed E-state index contributed by atoms with van der Waals surface area (Å²) in [4.78, 5) is 11.1. The van der Waals surface area contributed by atoms with E-state index < -0.39 is 11.7 Å². The average Bonchev–Trinajstić information content (AvgIpc) is 2.50. The SMILES string of the molecule is COC(=O)Cc1ccc(Oc2ccc(N)c(C(F)(F)F)c2)cc1. The molecule has 0 saturated carbocycles. The van der Waals surface area contributed by atoms with Gasteiger partial charge in [-0.15, -0.1) is 0 Å². The maximum absolute atomic E-state index is 12.8. The number of anilines is 1. The van der Waals surface area contributed by atoms with E-state index in [0.717, 1.165) is 12.1 Å². The molecule has 0 fully saturated rings. The maximum atomic E-state index is 12.8. The first kappa shape index (κ1) is 16.7. The van der Waals surface area contributed by atoms with Crippen LogP contribution >= 0.6 is 0 Å². The summed E-state index contributed by atoms with van der Waals surface area (Å²) in [5.74, 6) is -0.0178. The normalized spacial score (nSPS) is 11.1. The van der Waals surface area contributed by atoms with Gasteiger partial charge >= 0.3 is 12.1 Å². The van der Waals surface area contributed by atoms with E-state index in [1.807, 2.05) is 0 Å². The number of carbonyl (C=O) groups excluding carboxylic acids is 1. The minimum absolute atomic E-state index is 0.0206. The third kappa shape index (κ3) is 4.38. The van der Waals surface area contributed by atoms with Crippen LogP contribution in [0.2, 0.25) is 0 Å². The van der Waals surface area contributed by atoms with E-state index in [9.17, 15) is 18.0 Å². The number of halogens is 3. The number of carbonyl (C=O) groups is 1. The molecule has 2 aromatic rings. The zero-order chi connectivity index (χ0) is 17.0. The molecule has 4 nitrogen and oxygen atoms in total. The summed E-state index contributed by atoms with van der Waals surface area (Å²) in [5.41, 5.74) is 4.73. The lowest BCUT2D eigenvalue weighted by atomic mass is 10.1. The van der Waals surface area contributed by atoms with Crippen LogP contribution in [0.1, 0.15) is 11.1 Å². The Balaban J connectivity index is 2.15. The van der Waals surface area contributed by atoms with Crippen molar-refractivity contribution in [1.29, 1.82) is 0 Å². The number of hydrogen-bond acceptors (Lipinski definition) is 4. The molecule has 7 heteroatoms. The number of hydrogen-bond donors (Lipinski definition) is 1. The molecule has 2 aromatic carbocycles. The lowest BCUT2D eigenvalue weighted by Crippen LogP contribution is -2.08. The molecule has 0 bridgehead atoms. The van der Waals surface area contributed by atoms with Gasteiger partial charge in [-0.3, -0.25) is 4.79 Å². The Morgan fingerprint density at radius 2 is 1.70 bits per heavy atom. The summed E-state index contributed by atoms with van der Waals surface area (Å²) in [6, 6.07) is 9.72. The molecule has 0 unspecified atom stereocenters. The van der Waals surface area contributed by atoms with Crippen molar-refractivity contribution in [2.24, 2.45) is 0 Å². The molecule has 0 radical (unpaired) electrons. The molecule has 2 rings (SSSR count). The van der Waals surface area contributed by atoms with Gasteiger partial charge in [-0.2, -0.15) is 13.2 Å². The number of ether oxygens (including phenoxy) is 2. The second-order valence-corrected chi connectivity index (χ2v) is 4.75. The molecule has 0 heterocycles. The molecule has 0 aliphatic carbocycles. The molecule has 0 atom stereocenters. The second kappa shape index (κ2) is 6.60. The molecule has 23 heavy (non-hydrogen) atoms. The fourth-order valence-corrected chi connectivity index (χ4v) is 1.89. The summed E-state index contributed by atoms with van der Waals surface area (Å²) < 4.78 is 48.3. The predicted molar refractivity (Wildman–Crippen MR) is 78.1 cm³/mol. The predicted octanol–water partition coefficient (Wildman–Crippen LogP) is 3.80. The Labute approximate surface area is 130 Å². The van der Waals surface area contributed by atoms with E-state index in [4.69, 9.17) is 10.5 Å². The van der Waals surface area contributed by atoms with Crippen LogP contribution in [0.15, 0.2) is 42.5 Å². The summed E-state index contributed by atoms with van der Waals surface area (Å²) in [7, 11) is 1.29. The smallest absolute Gasteiger partial charge is 0.418 e. The second-order valence-electron chi connectivity index (χ2n) is 4.75. The van der Waals surface area contributed by atoms with Crippen molar-refractivity contribution in [3.63, 3.8) is 0 Å².